The van der Waals surface area contributed by atoms with Gasteiger partial charge >= 0.3 is 0 Å². The Morgan fingerprint density at radius 3 is 2.55 bits per heavy atom. The summed E-state index contributed by atoms with van der Waals surface area (Å²) in [7, 11) is 0. The van der Waals surface area contributed by atoms with Gasteiger partial charge in [0.2, 0.25) is 0 Å². The first-order valence-electron chi connectivity index (χ1n) is 7.33. The summed E-state index contributed by atoms with van der Waals surface area (Å²) in [6.07, 6.45) is 4.37. The number of carbonyl (C=O) groups excluding carboxylic acids is 2. The monoisotopic (exact) mass is 316 g/mol. The first kappa shape index (κ1) is 16.4. The van der Waals surface area contributed by atoms with Gasteiger partial charge in [-0.15, -0.1) is 11.3 Å². The molecule has 0 unspecified atom stereocenters. The largest absolute Gasteiger partial charge is 0.331 e. The highest BCUT2D eigenvalue weighted by atomic mass is 32.1. The molecule has 5 heteroatoms. The number of nitrogens with zero attached hydrogens (tertiary/aromatic N) is 2. The Hall–Kier alpha value is -2.01. The third kappa shape index (κ3) is 3.80. The molecule has 0 aliphatic heterocycles. The molecule has 0 aliphatic carbocycles. The van der Waals surface area contributed by atoms with E-state index in [-0.39, 0.29) is 17.7 Å². The van der Waals surface area contributed by atoms with E-state index in [0.717, 1.165) is 12.0 Å². The number of hydrogen-bond donors (Lipinski definition) is 0. The number of aromatic nitrogens is 1. The number of rotatable bonds is 6. The van der Waals surface area contributed by atoms with Crippen molar-refractivity contribution in [1.29, 1.82) is 0 Å². The summed E-state index contributed by atoms with van der Waals surface area (Å²) in [5.41, 5.74) is 1.000. The Kier molecular flexibility index (Phi) is 5.44. The molecule has 1 amide bonds. The molecule has 0 bridgehead atoms. The van der Waals surface area contributed by atoms with Crippen molar-refractivity contribution in [2.45, 2.75) is 39.8 Å². The molecule has 2 rings (SSSR count). The lowest BCUT2D eigenvalue weighted by atomic mass is 10.1. The summed E-state index contributed by atoms with van der Waals surface area (Å²) in [5.74, 6) is -0.0397. The number of pyridine rings is 1. The van der Waals surface area contributed by atoms with Crippen molar-refractivity contribution >= 4 is 23.0 Å². The SMILES string of the molecule is CC[C@H](C)N(Cc1cccnc1)C(=O)c1ccc(C(C)=O)s1. The Morgan fingerprint density at radius 2 is 2.00 bits per heavy atom. The second-order valence-electron chi connectivity index (χ2n) is 5.27. The Morgan fingerprint density at radius 1 is 1.27 bits per heavy atom. The topological polar surface area (TPSA) is 50.3 Å². The smallest absolute Gasteiger partial charge is 0.264 e. The van der Waals surface area contributed by atoms with E-state index in [1.807, 2.05) is 24.0 Å². The maximum atomic E-state index is 12.8. The van der Waals surface area contributed by atoms with Crippen LogP contribution in [-0.2, 0) is 6.54 Å². The van der Waals surface area contributed by atoms with Gasteiger partial charge in [-0.3, -0.25) is 14.6 Å². The molecule has 0 aliphatic rings. The van der Waals surface area contributed by atoms with Crippen LogP contribution >= 0.6 is 11.3 Å². The van der Waals surface area contributed by atoms with Crippen molar-refractivity contribution < 1.29 is 9.59 Å². The molecule has 2 heterocycles. The standard InChI is InChI=1S/C17H20N2O2S/c1-4-12(2)19(11-14-6-5-9-18-10-14)17(21)16-8-7-15(22-16)13(3)20/h5-10,12H,4,11H2,1-3H3/t12-/m0/s1. The van der Waals surface area contributed by atoms with E-state index in [1.54, 1.807) is 24.5 Å². The van der Waals surface area contributed by atoms with Crippen molar-refractivity contribution in [2.75, 3.05) is 0 Å². The molecule has 0 fully saturated rings. The third-order valence-electron chi connectivity index (χ3n) is 3.62. The number of carbonyl (C=O) groups is 2. The van der Waals surface area contributed by atoms with Crippen molar-refractivity contribution in [3.05, 3.63) is 52.0 Å². The lowest BCUT2D eigenvalue weighted by Gasteiger charge is -2.28. The maximum Gasteiger partial charge on any atom is 0.264 e. The van der Waals surface area contributed by atoms with Gasteiger partial charge in [0.25, 0.3) is 5.91 Å². The molecule has 0 aromatic carbocycles. The third-order valence-corrected chi connectivity index (χ3v) is 4.80. The van der Waals surface area contributed by atoms with Crippen molar-refractivity contribution in [3.8, 4) is 0 Å². The predicted octanol–water partition coefficient (Wildman–Crippen LogP) is 3.79. The van der Waals surface area contributed by atoms with E-state index in [2.05, 4.69) is 11.9 Å². The van der Waals surface area contributed by atoms with Gasteiger partial charge in [-0.1, -0.05) is 13.0 Å². The highest BCUT2D eigenvalue weighted by Crippen LogP contribution is 2.22. The van der Waals surface area contributed by atoms with Gasteiger partial charge in [0, 0.05) is 25.0 Å². The molecule has 0 radical (unpaired) electrons. The van der Waals surface area contributed by atoms with E-state index in [9.17, 15) is 9.59 Å². The fraction of sp³-hybridized carbons (Fsp3) is 0.353. The molecule has 0 spiro atoms. The van der Waals surface area contributed by atoms with Gasteiger partial charge in [0.05, 0.1) is 9.75 Å². The van der Waals surface area contributed by atoms with Crippen LogP contribution in [0.5, 0.6) is 0 Å². The lowest BCUT2D eigenvalue weighted by Crippen LogP contribution is -2.37. The number of amides is 1. The predicted molar refractivity (Wildman–Crippen MR) is 88.2 cm³/mol. The first-order valence-corrected chi connectivity index (χ1v) is 8.15. The summed E-state index contributed by atoms with van der Waals surface area (Å²) >= 11 is 1.26. The number of thiophene rings is 1. The second-order valence-corrected chi connectivity index (χ2v) is 6.36. The van der Waals surface area contributed by atoms with Crippen LogP contribution in [0.1, 0.15) is 52.1 Å². The van der Waals surface area contributed by atoms with E-state index in [0.29, 0.717) is 16.3 Å². The zero-order valence-electron chi connectivity index (χ0n) is 13.1. The second kappa shape index (κ2) is 7.31. The first-order chi connectivity index (χ1) is 10.5. The minimum Gasteiger partial charge on any atom is -0.331 e. The molecule has 2 aromatic heterocycles. The van der Waals surface area contributed by atoms with Crippen molar-refractivity contribution in [1.82, 2.24) is 9.88 Å². The number of ketones is 1. The Balaban J connectivity index is 2.24. The van der Waals surface area contributed by atoms with Crippen LogP contribution < -0.4 is 0 Å². The zero-order chi connectivity index (χ0) is 16.1. The lowest BCUT2D eigenvalue weighted by molar-refractivity contribution is 0.0676. The van der Waals surface area contributed by atoms with E-state index < -0.39 is 0 Å². The van der Waals surface area contributed by atoms with Gasteiger partial charge in [-0.25, -0.2) is 0 Å². The summed E-state index contributed by atoms with van der Waals surface area (Å²) in [4.78, 5) is 31.4. The average molecular weight is 316 g/mol. The van der Waals surface area contributed by atoms with E-state index in [4.69, 9.17) is 0 Å². The zero-order valence-corrected chi connectivity index (χ0v) is 13.9. The Labute approximate surface area is 134 Å². The summed E-state index contributed by atoms with van der Waals surface area (Å²) in [6.45, 7) is 6.13. The average Bonchev–Trinajstić information content (AvgIpc) is 3.02. The molecule has 1 atom stereocenters. The highest BCUT2D eigenvalue weighted by molar-refractivity contribution is 7.15. The molecular weight excluding hydrogens is 296 g/mol. The van der Waals surface area contributed by atoms with Crippen molar-refractivity contribution in [3.63, 3.8) is 0 Å². The minimum absolute atomic E-state index is 0.00796. The van der Waals surface area contributed by atoms with Crippen LogP contribution in [0.15, 0.2) is 36.7 Å². The van der Waals surface area contributed by atoms with Crippen LogP contribution in [0.25, 0.3) is 0 Å². The maximum absolute atomic E-state index is 12.8. The molecule has 0 saturated carbocycles. The van der Waals surface area contributed by atoms with Gasteiger partial charge < -0.3 is 4.90 Å². The molecule has 0 N–H and O–H groups in total. The molecule has 2 aromatic rings. The summed E-state index contributed by atoms with van der Waals surface area (Å²) in [6, 6.07) is 7.41. The Bertz CT molecular complexity index is 652. The molecule has 116 valence electrons. The van der Waals surface area contributed by atoms with Gasteiger partial charge in [0.15, 0.2) is 5.78 Å². The fourth-order valence-corrected chi connectivity index (χ4v) is 2.98. The van der Waals surface area contributed by atoms with E-state index in [1.165, 1.54) is 18.3 Å². The highest BCUT2D eigenvalue weighted by Gasteiger charge is 2.22. The van der Waals surface area contributed by atoms with Crippen LogP contribution in [-0.4, -0.2) is 27.6 Å². The van der Waals surface area contributed by atoms with Gasteiger partial charge in [-0.05, 0) is 44.0 Å². The van der Waals surface area contributed by atoms with Gasteiger partial charge in [0.1, 0.15) is 0 Å². The number of hydrogen-bond acceptors (Lipinski definition) is 4. The minimum atomic E-state index is -0.0318. The normalized spacial score (nSPS) is 12.0. The summed E-state index contributed by atoms with van der Waals surface area (Å²) in [5, 5.41) is 0. The quantitative estimate of drug-likeness (QED) is 0.762. The van der Waals surface area contributed by atoms with Crippen LogP contribution in [0, 0.1) is 0 Å². The van der Waals surface area contributed by atoms with Crippen LogP contribution in [0.4, 0.5) is 0 Å². The fourth-order valence-electron chi connectivity index (χ4n) is 2.12. The summed E-state index contributed by atoms with van der Waals surface area (Å²) < 4.78 is 0. The molecular formula is C17H20N2O2S. The van der Waals surface area contributed by atoms with Crippen LogP contribution in [0.2, 0.25) is 0 Å². The van der Waals surface area contributed by atoms with Crippen LogP contribution in [0.3, 0.4) is 0 Å². The molecule has 4 nitrogen and oxygen atoms in total. The van der Waals surface area contributed by atoms with E-state index >= 15 is 0 Å². The molecule has 0 saturated heterocycles. The van der Waals surface area contributed by atoms with Crippen molar-refractivity contribution in [2.24, 2.45) is 0 Å². The molecule has 22 heavy (non-hydrogen) atoms. The van der Waals surface area contributed by atoms with Gasteiger partial charge in [-0.2, -0.15) is 0 Å². The number of Topliss-reactive ketones (excluding diaryl/α,β-unsaturated/α-hetero) is 1.